The number of aromatic nitrogens is 4. The van der Waals surface area contributed by atoms with Gasteiger partial charge in [-0.1, -0.05) is 0 Å². The van der Waals surface area contributed by atoms with E-state index in [4.69, 9.17) is 0 Å². The molecule has 140 valence electrons. The lowest BCUT2D eigenvalue weighted by atomic mass is 9.91. The maximum absolute atomic E-state index is 12.5. The van der Waals surface area contributed by atoms with Crippen molar-refractivity contribution in [3.8, 4) is 0 Å². The van der Waals surface area contributed by atoms with Crippen LogP contribution < -0.4 is 0 Å². The minimum absolute atomic E-state index is 0. The standard InChI is InChI=1S/C18H23N5O2S.H2/c1-22(26(24,25)14-6-7-14)12-2-4-13(5-3-12)23-11-21-16-10-20-18-15(17(16)23)8-9-19-18;/h8-14H,2-7H2,1H3,(H,19,20);1H. The largest absolute Gasteiger partial charge is 0.346 e. The van der Waals surface area contributed by atoms with Crippen LogP contribution in [0.4, 0.5) is 0 Å². The number of rotatable bonds is 4. The molecule has 7 nitrogen and oxygen atoms in total. The third-order valence-electron chi connectivity index (χ3n) is 6.04. The van der Waals surface area contributed by atoms with Crippen molar-refractivity contribution in [3.63, 3.8) is 0 Å². The third kappa shape index (κ3) is 2.46. The first-order valence-electron chi connectivity index (χ1n) is 9.31. The molecular weight excluding hydrogens is 350 g/mol. The topological polar surface area (TPSA) is 83.9 Å². The number of aromatic amines is 1. The predicted octanol–water partition coefficient (Wildman–Crippen LogP) is 3.07. The van der Waals surface area contributed by atoms with Crippen molar-refractivity contribution in [3.05, 3.63) is 24.8 Å². The van der Waals surface area contributed by atoms with Crippen LogP contribution in [-0.4, -0.2) is 50.6 Å². The van der Waals surface area contributed by atoms with E-state index in [-0.39, 0.29) is 12.7 Å². The molecule has 0 spiro atoms. The fourth-order valence-electron chi connectivity index (χ4n) is 4.32. The second-order valence-corrected chi connectivity index (χ2v) is 9.88. The smallest absolute Gasteiger partial charge is 0.216 e. The Balaban J connectivity index is 0.00000180. The van der Waals surface area contributed by atoms with Crippen molar-refractivity contribution in [1.82, 2.24) is 23.8 Å². The van der Waals surface area contributed by atoms with Gasteiger partial charge in [-0.25, -0.2) is 22.7 Å². The van der Waals surface area contributed by atoms with Gasteiger partial charge < -0.3 is 9.55 Å². The quantitative estimate of drug-likeness (QED) is 0.759. The van der Waals surface area contributed by atoms with Crippen molar-refractivity contribution in [2.45, 2.75) is 55.9 Å². The Labute approximate surface area is 154 Å². The summed E-state index contributed by atoms with van der Waals surface area (Å²) in [5.41, 5.74) is 2.91. The van der Waals surface area contributed by atoms with Gasteiger partial charge in [0.05, 0.1) is 23.3 Å². The number of H-pyrrole nitrogens is 1. The molecule has 0 bridgehead atoms. The Kier molecular flexibility index (Phi) is 3.62. The van der Waals surface area contributed by atoms with E-state index in [0.29, 0.717) is 6.04 Å². The van der Waals surface area contributed by atoms with Crippen LogP contribution in [0.15, 0.2) is 24.8 Å². The number of fused-ring (bicyclic) bond motifs is 3. The van der Waals surface area contributed by atoms with Gasteiger partial charge in [0.25, 0.3) is 0 Å². The monoisotopic (exact) mass is 375 g/mol. The molecule has 2 saturated carbocycles. The third-order valence-corrected chi connectivity index (χ3v) is 8.45. The molecule has 2 aliphatic carbocycles. The molecule has 0 amide bonds. The summed E-state index contributed by atoms with van der Waals surface area (Å²) in [6.07, 6.45) is 11.0. The second kappa shape index (κ2) is 5.79. The fraction of sp³-hybridized carbons (Fsp3) is 0.556. The molecule has 0 saturated heterocycles. The molecule has 1 N–H and O–H groups in total. The highest BCUT2D eigenvalue weighted by atomic mass is 32.2. The number of sulfonamides is 1. The van der Waals surface area contributed by atoms with Crippen molar-refractivity contribution >= 4 is 32.1 Å². The van der Waals surface area contributed by atoms with Crippen LogP contribution in [0.5, 0.6) is 0 Å². The molecule has 0 atom stereocenters. The summed E-state index contributed by atoms with van der Waals surface area (Å²) in [5, 5.41) is 0.966. The van der Waals surface area contributed by atoms with E-state index in [1.807, 2.05) is 24.8 Å². The lowest BCUT2D eigenvalue weighted by Crippen LogP contribution is -2.41. The van der Waals surface area contributed by atoms with Crippen LogP contribution in [0.1, 0.15) is 46.0 Å². The number of imidazole rings is 1. The highest BCUT2D eigenvalue weighted by Gasteiger charge is 2.41. The van der Waals surface area contributed by atoms with Gasteiger partial charge in [-0.15, -0.1) is 0 Å². The summed E-state index contributed by atoms with van der Waals surface area (Å²) in [6.45, 7) is 0. The normalized spacial score (nSPS) is 24.7. The van der Waals surface area contributed by atoms with Gasteiger partial charge in [-0.05, 0) is 44.6 Å². The molecule has 3 aromatic rings. The van der Waals surface area contributed by atoms with Gasteiger partial charge in [0.1, 0.15) is 11.2 Å². The molecule has 3 aromatic heterocycles. The zero-order valence-electron chi connectivity index (χ0n) is 14.8. The zero-order valence-corrected chi connectivity index (χ0v) is 15.6. The molecule has 0 unspecified atom stereocenters. The number of nitrogens with zero attached hydrogens (tertiary/aromatic N) is 4. The van der Waals surface area contributed by atoms with E-state index in [1.165, 1.54) is 0 Å². The summed E-state index contributed by atoms with van der Waals surface area (Å²) in [7, 11) is -1.33. The van der Waals surface area contributed by atoms with Crippen LogP contribution in [-0.2, 0) is 10.0 Å². The molecule has 2 aliphatic rings. The molecule has 8 heteroatoms. The highest BCUT2D eigenvalue weighted by Crippen LogP contribution is 2.37. The van der Waals surface area contributed by atoms with Crippen molar-refractivity contribution < 1.29 is 9.84 Å². The summed E-state index contributed by atoms with van der Waals surface area (Å²) < 4.78 is 28.9. The van der Waals surface area contributed by atoms with Gasteiger partial charge in [0, 0.05) is 32.1 Å². The Morgan fingerprint density at radius 3 is 2.69 bits per heavy atom. The van der Waals surface area contributed by atoms with Crippen molar-refractivity contribution in [1.29, 1.82) is 0 Å². The van der Waals surface area contributed by atoms with E-state index in [2.05, 4.69) is 19.5 Å². The fourth-order valence-corrected chi connectivity index (χ4v) is 6.15. The Bertz CT molecular complexity index is 1060. The summed E-state index contributed by atoms with van der Waals surface area (Å²) in [4.78, 5) is 12.1. The molecule has 26 heavy (non-hydrogen) atoms. The van der Waals surface area contributed by atoms with Crippen LogP contribution in [0.3, 0.4) is 0 Å². The van der Waals surface area contributed by atoms with Gasteiger partial charge in [-0.3, -0.25) is 0 Å². The average molecular weight is 375 g/mol. The maximum Gasteiger partial charge on any atom is 0.216 e. The minimum atomic E-state index is -3.09. The van der Waals surface area contributed by atoms with Crippen LogP contribution >= 0.6 is 0 Å². The van der Waals surface area contributed by atoms with Gasteiger partial charge in [0.15, 0.2) is 0 Å². The number of hydrogen-bond acceptors (Lipinski definition) is 4. The molecule has 2 fully saturated rings. The predicted molar refractivity (Wildman–Crippen MR) is 102 cm³/mol. The van der Waals surface area contributed by atoms with Gasteiger partial charge >= 0.3 is 0 Å². The first kappa shape index (κ1) is 16.3. The van der Waals surface area contributed by atoms with Crippen LogP contribution in [0.2, 0.25) is 0 Å². The molecule has 0 radical (unpaired) electrons. The molecule has 0 aromatic carbocycles. The number of pyridine rings is 1. The molecule has 5 rings (SSSR count). The van der Waals surface area contributed by atoms with E-state index in [0.717, 1.165) is 60.6 Å². The van der Waals surface area contributed by atoms with E-state index in [1.54, 1.807) is 11.4 Å². The lowest BCUT2D eigenvalue weighted by Gasteiger charge is -2.34. The molecule has 0 aliphatic heterocycles. The number of hydrogen-bond donors (Lipinski definition) is 1. The SMILES string of the molecule is CN(C1CCC(n2cnc3cnc4[nH]ccc4c32)CC1)S(=O)(=O)C1CC1.[HH]. The summed E-state index contributed by atoms with van der Waals surface area (Å²) in [6, 6.07) is 2.53. The zero-order chi connectivity index (χ0) is 17.9. The van der Waals surface area contributed by atoms with Gasteiger partial charge in [0.2, 0.25) is 10.0 Å². The van der Waals surface area contributed by atoms with Crippen molar-refractivity contribution in [2.24, 2.45) is 0 Å². The second-order valence-electron chi connectivity index (χ2n) is 7.61. The van der Waals surface area contributed by atoms with Gasteiger partial charge in [-0.2, -0.15) is 0 Å². The van der Waals surface area contributed by atoms with Crippen LogP contribution in [0.25, 0.3) is 22.1 Å². The summed E-state index contributed by atoms with van der Waals surface area (Å²) in [5.74, 6) is 0. The minimum Gasteiger partial charge on any atom is -0.346 e. The van der Waals surface area contributed by atoms with E-state index < -0.39 is 10.0 Å². The van der Waals surface area contributed by atoms with E-state index in [9.17, 15) is 8.42 Å². The van der Waals surface area contributed by atoms with E-state index >= 15 is 0 Å². The van der Waals surface area contributed by atoms with Crippen LogP contribution in [0, 0.1) is 0 Å². The molecule has 3 heterocycles. The Morgan fingerprint density at radius 2 is 1.96 bits per heavy atom. The highest BCUT2D eigenvalue weighted by molar-refractivity contribution is 7.90. The first-order valence-corrected chi connectivity index (χ1v) is 10.8. The Hall–Kier alpha value is -1.93. The lowest BCUT2D eigenvalue weighted by molar-refractivity contribution is 0.239. The average Bonchev–Trinajstić information content (AvgIpc) is 3.26. The molecular formula is C18H25N5O2S. The Morgan fingerprint density at radius 1 is 1.19 bits per heavy atom. The maximum atomic E-state index is 12.5. The van der Waals surface area contributed by atoms with Crippen molar-refractivity contribution in [2.75, 3.05) is 7.05 Å². The summed E-state index contributed by atoms with van der Waals surface area (Å²) >= 11 is 0. The first-order chi connectivity index (χ1) is 12.6. The number of nitrogens with one attached hydrogen (secondary N) is 1.